The van der Waals surface area contributed by atoms with E-state index in [1.807, 2.05) is 5.32 Å². The summed E-state index contributed by atoms with van der Waals surface area (Å²) in [5.74, 6) is -2.79. The lowest BCUT2D eigenvalue weighted by Crippen LogP contribution is -2.40. The van der Waals surface area contributed by atoms with Gasteiger partial charge in [0.25, 0.3) is 5.91 Å². The topological polar surface area (TPSA) is 66.4 Å². The van der Waals surface area contributed by atoms with Gasteiger partial charge in [0.05, 0.1) is 11.1 Å². The standard InChI is InChI=1S/C13H11F6NO3/c1-2-9(11(22)23)20-10(21)6-3-7(12(14,15)16)5-8(4-6)13(17,18)19/h3-5,9H,2H2,1H3,(H,20,21)(H,22,23). The Kier molecular flexibility index (Phi) is 5.28. The largest absolute Gasteiger partial charge is 0.480 e. The number of hydrogen-bond acceptors (Lipinski definition) is 2. The van der Waals surface area contributed by atoms with Crippen LogP contribution in [0.15, 0.2) is 18.2 Å². The van der Waals surface area contributed by atoms with Gasteiger partial charge in [-0.25, -0.2) is 4.79 Å². The van der Waals surface area contributed by atoms with E-state index < -0.39 is 47.0 Å². The fraction of sp³-hybridized carbons (Fsp3) is 0.385. The monoisotopic (exact) mass is 343 g/mol. The number of nitrogens with one attached hydrogen (secondary N) is 1. The first kappa shape index (κ1) is 18.8. The lowest BCUT2D eigenvalue weighted by atomic mass is 10.0. The van der Waals surface area contributed by atoms with E-state index in [-0.39, 0.29) is 24.6 Å². The predicted molar refractivity (Wildman–Crippen MR) is 65.6 cm³/mol. The van der Waals surface area contributed by atoms with Gasteiger partial charge >= 0.3 is 18.3 Å². The summed E-state index contributed by atoms with van der Waals surface area (Å²) in [6.07, 6.45) is -10.3. The number of carboxylic acid groups (broad SMARTS) is 1. The number of rotatable bonds is 4. The van der Waals surface area contributed by atoms with Crippen LogP contribution in [0.2, 0.25) is 0 Å². The number of carboxylic acids is 1. The van der Waals surface area contributed by atoms with Crippen molar-refractivity contribution in [3.63, 3.8) is 0 Å². The normalized spacial score (nSPS) is 13.5. The molecule has 0 saturated carbocycles. The van der Waals surface area contributed by atoms with Crippen LogP contribution in [0.4, 0.5) is 26.3 Å². The third-order valence-corrected chi connectivity index (χ3v) is 2.86. The molecular formula is C13H11F6NO3. The number of halogens is 6. The fourth-order valence-corrected chi connectivity index (χ4v) is 1.67. The van der Waals surface area contributed by atoms with Crippen molar-refractivity contribution in [2.45, 2.75) is 31.7 Å². The molecule has 0 aromatic heterocycles. The van der Waals surface area contributed by atoms with E-state index in [1.165, 1.54) is 6.92 Å². The average Bonchev–Trinajstić information content (AvgIpc) is 2.41. The van der Waals surface area contributed by atoms with Gasteiger partial charge in [0.15, 0.2) is 0 Å². The molecule has 0 heterocycles. The molecule has 1 unspecified atom stereocenters. The number of carbonyl (C=O) groups excluding carboxylic acids is 1. The Balaban J connectivity index is 3.30. The molecule has 128 valence electrons. The molecule has 0 saturated heterocycles. The molecule has 10 heteroatoms. The number of carbonyl (C=O) groups is 2. The van der Waals surface area contributed by atoms with E-state index in [9.17, 15) is 35.9 Å². The Hall–Kier alpha value is -2.26. The van der Waals surface area contributed by atoms with Crippen LogP contribution in [0, 0.1) is 0 Å². The molecule has 1 amide bonds. The second-order valence-corrected chi connectivity index (χ2v) is 4.57. The van der Waals surface area contributed by atoms with Crippen molar-refractivity contribution < 1.29 is 41.0 Å². The van der Waals surface area contributed by atoms with Crippen LogP contribution in [0.25, 0.3) is 0 Å². The van der Waals surface area contributed by atoms with Crippen molar-refractivity contribution in [3.8, 4) is 0 Å². The van der Waals surface area contributed by atoms with Crippen LogP contribution in [0.3, 0.4) is 0 Å². The van der Waals surface area contributed by atoms with E-state index in [0.29, 0.717) is 0 Å². The Morgan fingerprint density at radius 3 is 1.78 bits per heavy atom. The van der Waals surface area contributed by atoms with E-state index in [1.54, 1.807) is 0 Å². The molecule has 2 N–H and O–H groups in total. The van der Waals surface area contributed by atoms with Gasteiger partial charge < -0.3 is 10.4 Å². The predicted octanol–water partition coefficient (Wildman–Crippen LogP) is 3.32. The highest BCUT2D eigenvalue weighted by Crippen LogP contribution is 2.36. The average molecular weight is 343 g/mol. The number of hydrogen-bond donors (Lipinski definition) is 2. The van der Waals surface area contributed by atoms with E-state index >= 15 is 0 Å². The summed E-state index contributed by atoms with van der Waals surface area (Å²) >= 11 is 0. The minimum atomic E-state index is -5.09. The Morgan fingerprint density at radius 1 is 1.04 bits per heavy atom. The first-order valence-corrected chi connectivity index (χ1v) is 6.19. The van der Waals surface area contributed by atoms with Crippen molar-refractivity contribution in [3.05, 3.63) is 34.9 Å². The van der Waals surface area contributed by atoms with E-state index in [4.69, 9.17) is 5.11 Å². The van der Waals surface area contributed by atoms with Crippen LogP contribution < -0.4 is 5.32 Å². The fourth-order valence-electron chi connectivity index (χ4n) is 1.67. The number of alkyl halides is 6. The van der Waals surface area contributed by atoms with Gasteiger partial charge in [-0.05, 0) is 24.6 Å². The van der Waals surface area contributed by atoms with Gasteiger partial charge in [0, 0.05) is 5.56 Å². The Morgan fingerprint density at radius 2 is 1.48 bits per heavy atom. The van der Waals surface area contributed by atoms with Gasteiger partial charge in [0.2, 0.25) is 0 Å². The van der Waals surface area contributed by atoms with Gasteiger partial charge in [-0.2, -0.15) is 26.3 Å². The molecule has 1 rings (SSSR count). The third-order valence-electron chi connectivity index (χ3n) is 2.86. The van der Waals surface area contributed by atoms with Gasteiger partial charge in [-0.3, -0.25) is 4.79 Å². The zero-order valence-corrected chi connectivity index (χ0v) is 11.5. The quantitative estimate of drug-likeness (QED) is 0.825. The maximum absolute atomic E-state index is 12.7. The van der Waals surface area contributed by atoms with E-state index in [2.05, 4.69) is 0 Å². The highest BCUT2D eigenvalue weighted by molar-refractivity contribution is 5.97. The van der Waals surface area contributed by atoms with Crippen molar-refractivity contribution in [1.29, 1.82) is 0 Å². The molecule has 0 aliphatic carbocycles. The summed E-state index contributed by atoms with van der Waals surface area (Å²) in [6, 6.07) is -1.07. The lowest BCUT2D eigenvalue weighted by Gasteiger charge is -2.16. The second-order valence-electron chi connectivity index (χ2n) is 4.57. The summed E-state index contributed by atoms with van der Waals surface area (Å²) in [7, 11) is 0. The maximum atomic E-state index is 12.7. The molecule has 4 nitrogen and oxygen atoms in total. The van der Waals surface area contributed by atoms with Crippen molar-refractivity contribution in [2.75, 3.05) is 0 Å². The van der Waals surface area contributed by atoms with Gasteiger partial charge in [0.1, 0.15) is 6.04 Å². The molecular weight excluding hydrogens is 332 g/mol. The number of amides is 1. The van der Waals surface area contributed by atoms with Crippen molar-refractivity contribution >= 4 is 11.9 Å². The van der Waals surface area contributed by atoms with Crippen molar-refractivity contribution in [2.24, 2.45) is 0 Å². The first-order valence-electron chi connectivity index (χ1n) is 6.19. The van der Waals surface area contributed by atoms with Crippen LogP contribution in [0.1, 0.15) is 34.8 Å². The highest BCUT2D eigenvalue weighted by Gasteiger charge is 2.37. The summed E-state index contributed by atoms with van der Waals surface area (Å²) in [6.45, 7) is 1.38. The number of aliphatic carboxylic acids is 1. The molecule has 1 aromatic rings. The minimum absolute atomic E-state index is 0.0911. The van der Waals surface area contributed by atoms with Crippen LogP contribution in [-0.4, -0.2) is 23.0 Å². The maximum Gasteiger partial charge on any atom is 0.416 e. The lowest BCUT2D eigenvalue weighted by molar-refractivity contribution is -0.143. The minimum Gasteiger partial charge on any atom is -0.480 e. The summed E-state index contributed by atoms with van der Waals surface area (Å²) in [4.78, 5) is 22.5. The zero-order chi connectivity index (χ0) is 18.0. The Bertz CT molecular complexity index is 576. The Labute approximate surface area is 126 Å². The van der Waals surface area contributed by atoms with Crippen LogP contribution in [-0.2, 0) is 17.1 Å². The molecule has 0 bridgehead atoms. The summed E-state index contributed by atoms with van der Waals surface area (Å²) in [5, 5.41) is 10.6. The summed E-state index contributed by atoms with van der Waals surface area (Å²) < 4.78 is 76.0. The number of benzene rings is 1. The van der Waals surface area contributed by atoms with E-state index in [0.717, 1.165) is 0 Å². The van der Waals surface area contributed by atoms with Crippen LogP contribution >= 0.6 is 0 Å². The second kappa shape index (κ2) is 6.47. The SMILES string of the molecule is CCC(NC(=O)c1cc(C(F)(F)F)cc(C(F)(F)F)c1)C(=O)O. The molecule has 0 fully saturated rings. The molecule has 0 radical (unpaired) electrons. The summed E-state index contributed by atoms with van der Waals surface area (Å²) in [5.41, 5.74) is -4.23. The molecule has 1 aromatic carbocycles. The van der Waals surface area contributed by atoms with Crippen LogP contribution in [0.5, 0.6) is 0 Å². The van der Waals surface area contributed by atoms with Gasteiger partial charge in [-0.1, -0.05) is 6.92 Å². The molecule has 0 spiro atoms. The first-order chi connectivity index (χ1) is 10.4. The van der Waals surface area contributed by atoms with Crippen molar-refractivity contribution in [1.82, 2.24) is 5.32 Å². The van der Waals surface area contributed by atoms with Gasteiger partial charge in [-0.15, -0.1) is 0 Å². The molecule has 23 heavy (non-hydrogen) atoms. The molecule has 0 aliphatic rings. The zero-order valence-electron chi connectivity index (χ0n) is 11.5. The highest BCUT2D eigenvalue weighted by atomic mass is 19.4. The molecule has 1 atom stereocenters. The smallest absolute Gasteiger partial charge is 0.416 e. The molecule has 0 aliphatic heterocycles. The third kappa shape index (κ3) is 4.86.